The Morgan fingerprint density at radius 2 is 2.14 bits per heavy atom. The molecule has 1 aliphatic carbocycles. The maximum atomic E-state index is 12.4. The fourth-order valence-electron chi connectivity index (χ4n) is 2.41. The summed E-state index contributed by atoms with van der Waals surface area (Å²) in [5.74, 6) is 1.33. The van der Waals surface area contributed by atoms with E-state index in [4.69, 9.17) is 10.5 Å². The van der Waals surface area contributed by atoms with Gasteiger partial charge < -0.3 is 10.5 Å². The van der Waals surface area contributed by atoms with Crippen molar-refractivity contribution in [1.82, 2.24) is 4.72 Å². The van der Waals surface area contributed by atoms with Crippen LogP contribution in [0, 0.1) is 5.92 Å². The summed E-state index contributed by atoms with van der Waals surface area (Å²) in [7, 11) is -3.50. The summed E-state index contributed by atoms with van der Waals surface area (Å²) in [4.78, 5) is 0.244. The molecule has 1 atom stereocenters. The minimum Gasteiger partial charge on any atom is -0.494 e. The highest BCUT2D eigenvalue weighted by atomic mass is 32.2. The lowest BCUT2D eigenvalue weighted by atomic mass is 10.2. The largest absolute Gasteiger partial charge is 0.494 e. The molecule has 5 nitrogen and oxygen atoms in total. The Hall–Kier alpha value is -1.11. The van der Waals surface area contributed by atoms with Crippen LogP contribution in [0.4, 0.5) is 0 Å². The van der Waals surface area contributed by atoms with Crippen LogP contribution in [-0.4, -0.2) is 21.1 Å². The highest BCUT2D eigenvalue weighted by Crippen LogP contribution is 2.33. The van der Waals surface area contributed by atoms with Crippen LogP contribution in [0.1, 0.15) is 38.7 Å². The quantitative estimate of drug-likeness (QED) is 0.769. The Morgan fingerprint density at radius 3 is 2.71 bits per heavy atom. The summed E-state index contributed by atoms with van der Waals surface area (Å²) in [6.45, 7) is 4.56. The minimum atomic E-state index is -3.50. The third-order valence-corrected chi connectivity index (χ3v) is 5.19. The smallest absolute Gasteiger partial charge is 0.240 e. The summed E-state index contributed by atoms with van der Waals surface area (Å²) in [5.41, 5.74) is 6.38. The van der Waals surface area contributed by atoms with E-state index in [1.807, 2.05) is 13.8 Å². The lowest BCUT2D eigenvalue weighted by molar-refractivity contribution is 0.336. The average molecular weight is 312 g/mol. The van der Waals surface area contributed by atoms with Gasteiger partial charge in [-0.15, -0.1) is 0 Å². The van der Waals surface area contributed by atoms with Gasteiger partial charge in [0.1, 0.15) is 5.75 Å². The number of hydrogen-bond acceptors (Lipinski definition) is 4. The van der Waals surface area contributed by atoms with Crippen molar-refractivity contribution in [3.05, 3.63) is 23.8 Å². The Labute approximate surface area is 126 Å². The average Bonchev–Trinajstić information content (AvgIpc) is 3.22. The van der Waals surface area contributed by atoms with Crippen molar-refractivity contribution in [2.75, 3.05) is 6.61 Å². The monoisotopic (exact) mass is 312 g/mol. The highest BCUT2D eigenvalue weighted by molar-refractivity contribution is 7.89. The number of benzene rings is 1. The maximum Gasteiger partial charge on any atom is 0.240 e. The second kappa shape index (κ2) is 6.77. The zero-order valence-electron chi connectivity index (χ0n) is 12.6. The van der Waals surface area contributed by atoms with Crippen molar-refractivity contribution in [3.63, 3.8) is 0 Å². The van der Waals surface area contributed by atoms with Crippen molar-refractivity contribution < 1.29 is 13.2 Å². The first kappa shape index (κ1) is 16.3. The predicted octanol–water partition coefficient (Wildman–Crippen LogP) is 2.01. The van der Waals surface area contributed by atoms with Crippen molar-refractivity contribution in [2.45, 2.75) is 50.6 Å². The van der Waals surface area contributed by atoms with Crippen molar-refractivity contribution in [2.24, 2.45) is 11.7 Å². The molecule has 0 aromatic heterocycles. The molecule has 3 N–H and O–H groups in total. The van der Waals surface area contributed by atoms with E-state index in [0.29, 0.717) is 23.8 Å². The molecule has 0 radical (unpaired) electrons. The van der Waals surface area contributed by atoms with E-state index in [-0.39, 0.29) is 17.5 Å². The first-order valence-corrected chi connectivity index (χ1v) is 8.92. The van der Waals surface area contributed by atoms with Gasteiger partial charge in [-0.25, -0.2) is 13.1 Å². The van der Waals surface area contributed by atoms with Gasteiger partial charge in [-0.2, -0.15) is 0 Å². The third-order valence-electron chi connectivity index (χ3n) is 3.60. The molecule has 0 bridgehead atoms. The van der Waals surface area contributed by atoms with Gasteiger partial charge in [0.05, 0.1) is 11.5 Å². The van der Waals surface area contributed by atoms with E-state index in [1.165, 1.54) is 12.8 Å². The number of nitrogens with one attached hydrogen (secondary N) is 1. The lowest BCUT2D eigenvalue weighted by Crippen LogP contribution is -2.33. The zero-order valence-corrected chi connectivity index (χ0v) is 13.4. The third kappa shape index (κ3) is 4.43. The predicted molar refractivity (Wildman–Crippen MR) is 82.6 cm³/mol. The van der Waals surface area contributed by atoms with Crippen LogP contribution in [0.5, 0.6) is 5.75 Å². The SMILES string of the molecule is CCOc1ccc(S(=O)(=O)NC(C)CC2CC2)cc1CN. The Balaban J connectivity index is 2.14. The standard InChI is InChI=1S/C15H24N2O3S/c1-3-20-15-7-6-14(9-13(15)10-16)21(18,19)17-11(2)8-12-4-5-12/h6-7,9,11-12,17H,3-5,8,10,16H2,1-2H3. The second-order valence-corrected chi connectivity index (χ2v) is 7.32. The van der Waals surface area contributed by atoms with Crippen LogP contribution in [0.15, 0.2) is 23.1 Å². The molecule has 0 spiro atoms. The van der Waals surface area contributed by atoms with Gasteiger partial charge in [0.15, 0.2) is 0 Å². The normalized spacial score (nSPS) is 16.7. The zero-order chi connectivity index (χ0) is 15.5. The van der Waals surface area contributed by atoms with E-state index < -0.39 is 10.0 Å². The molecule has 0 saturated heterocycles. The first-order chi connectivity index (χ1) is 9.96. The number of sulfonamides is 1. The van der Waals surface area contributed by atoms with Crippen molar-refractivity contribution >= 4 is 10.0 Å². The molecule has 6 heteroatoms. The van der Waals surface area contributed by atoms with Crippen LogP contribution in [-0.2, 0) is 16.6 Å². The van der Waals surface area contributed by atoms with Gasteiger partial charge in [0.2, 0.25) is 10.0 Å². The van der Waals surface area contributed by atoms with Crippen molar-refractivity contribution in [1.29, 1.82) is 0 Å². The van der Waals surface area contributed by atoms with Gasteiger partial charge in [-0.1, -0.05) is 12.8 Å². The number of ether oxygens (including phenoxy) is 1. The molecule has 21 heavy (non-hydrogen) atoms. The Bertz CT molecular complexity index is 583. The van der Waals surface area contributed by atoms with Crippen molar-refractivity contribution in [3.8, 4) is 5.75 Å². The number of hydrogen-bond donors (Lipinski definition) is 2. The fraction of sp³-hybridized carbons (Fsp3) is 0.600. The molecule has 0 aliphatic heterocycles. The molecule has 1 fully saturated rings. The molecule has 1 aromatic rings. The highest BCUT2D eigenvalue weighted by Gasteiger charge is 2.26. The minimum absolute atomic E-state index is 0.0459. The molecule has 1 unspecified atom stereocenters. The summed E-state index contributed by atoms with van der Waals surface area (Å²) in [6.07, 6.45) is 3.33. The summed E-state index contributed by atoms with van der Waals surface area (Å²) < 4.78 is 33.0. The molecular weight excluding hydrogens is 288 g/mol. The Morgan fingerprint density at radius 1 is 1.43 bits per heavy atom. The van der Waals surface area contributed by atoms with E-state index in [9.17, 15) is 8.42 Å². The molecule has 0 amide bonds. The topological polar surface area (TPSA) is 81.4 Å². The molecule has 1 aromatic carbocycles. The van der Waals surface area contributed by atoms with Gasteiger partial charge in [0.25, 0.3) is 0 Å². The lowest BCUT2D eigenvalue weighted by Gasteiger charge is -2.15. The summed E-state index contributed by atoms with van der Waals surface area (Å²) >= 11 is 0. The molecule has 1 saturated carbocycles. The summed E-state index contributed by atoms with van der Waals surface area (Å²) in [6, 6.07) is 4.79. The first-order valence-electron chi connectivity index (χ1n) is 7.44. The number of nitrogens with two attached hydrogens (primary N) is 1. The summed E-state index contributed by atoms with van der Waals surface area (Å²) in [5, 5.41) is 0. The van der Waals surface area contributed by atoms with Crippen LogP contribution in [0.25, 0.3) is 0 Å². The second-order valence-electron chi connectivity index (χ2n) is 5.61. The molecule has 118 valence electrons. The fourth-order valence-corrected chi connectivity index (χ4v) is 3.72. The van der Waals surface area contributed by atoms with Gasteiger partial charge >= 0.3 is 0 Å². The van der Waals surface area contributed by atoms with E-state index in [2.05, 4.69) is 4.72 Å². The van der Waals surface area contributed by atoms with Crippen LogP contribution >= 0.6 is 0 Å². The Kier molecular flexibility index (Phi) is 5.24. The van der Waals surface area contributed by atoms with E-state index in [0.717, 1.165) is 6.42 Å². The van der Waals surface area contributed by atoms with E-state index in [1.54, 1.807) is 18.2 Å². The van der Waals surface area contributed by atoms with Gasteiger partial charge in [0, 0.05) is 18.2 Å². The van der Waals surface area contributed by atoms with Gasteiger partial charge in [-0.05, 0) is 44.4 Å². The van der Waals surface area contributed by atoms with Crippen LogP contribution in [0.3, 0.4) is 0 Å². The molecule has 2 rings (SSSR count). The van der Waals surface area contributed by atoms with Gasteiger partial charge in [-0.3, -0.25) is 0 Å². The van der Waals surface area contributed by atoms with Crippen LogP contribution in [0.2, 0.25) is 0 Å². The maximum absolute atomic E-state index is 12.4. The molecule has 0 heterocycles. The van der Waals surface area contributed by atoms with E-state index >= 15 is 0 Å². The molecular formula is C15H24N2O3S. The molecule has 1 aliphatic rings. The van der Waals surface area contributed by atoms with Crippen LogP contribution < -0.4 is 15.2 Å². The number of rotatable bonds is 8.